The molecule has 0 aliphatic heterocycles. The minimum Gasteiger partial charge on any atom is -0.394 e. The molecule has 0 atom stereocenters. The van der Waals surface area contributed by atoms with E-state index in [1.807, 2.05) is 0 Å². The summed E-state index contributed by atoms with van der Waals surface area (Å²) in [5.41, 5.74) is -0.289. The Kier molecular flexibility index (Phi) is 2.73. The third kappa shape index (κ3) is 2.34. The second-order valence-electron chi connectivity index (χ2n) is 2.93. The van der Waals surface area contributed by atoms with Gasteiger partial charge in [-0.25, -0.2) is 0 Å². The molecule has 0 radical (unpaired) electrons. The summed E-state index contributed by atoms with van der Waals surface area (Å²) in [5, 5.41) is 11.6. The van der Waals surface area contributed by atoms with Gasteiger partial charge in [-0.2, -0.15) is 0 Å². The van der Waals surface area contributed by atoms with Gasteiger partial charge < -0.3 is 10.4 Å². The Labute approximate surface area is 70.7 Å². The number of aliphatic hydroxyl groups is 1. The monoisotopic (exact) mass is 177 g/mol. The molecule has 1 aliphatic carbocycles. The zero-order chi connectivity index (χ0) is 8.32. The second kappa shape index (κ2) is 3.41. The molecule has 0 bridgehead atoms. The van der Waals surface area contributed by atoms with Gasteiger partial charge >= 0.3 is 0 Å². The van der Waals surface area contributed by atoms with Crippen molar-refractivity contribution in [3.05, 3.63) is 0 Å². The summed E-state index contributed by atoms with van der Waals surface area (Å²) in [7, 11) is 0. The zero-order valence-corrected chi connectivity index (χ0v) is 7.02. The van der Waals surface area contributed by atoms with Crippen LogP contribution in [0.25, 0.3) is 0 Å². The molecule has 1 aliphatic rings. The van der Waals surface area contributed by atoms with Crippen LogP contribution in [0.15, 0.2) is 0 Å². The Morgan fingerprint density at radius 2 is 2.27 bits per heavy atom. The van der Waals surface area contributed by atoms with E-state index in [2.05, 4.69) is 5.32 Å². The predicted octanol–water partition coefficient (Wildman–Crippen LogP) is 0.256. The standard InChI is InChI=1S/C7H12ClNO2/c8-4-1-6(11)9-7(5-10)2-3-7/h10H,1-5H2,(H,9,11). The fourth-order valence-electron chi connectivity index (χ4n) is 0.918. The first-order chi connectivity index (χ1) is 5.22. The Hall–Kier alpha value is -0.280. The highest BCUT2D eigenvalue weighted by atomic mass is 35.5. The molecule has 0 aromatic carbocycles. The molecule has 1 fully saturated rings. The number of hydrogen-bond acceptors (Lipinski definition) is 2. The van der Waals surface area contributed by atoms with Gasteiger partial charge in [-0.05, 0) is 12.8 Å². The van der Waals surface area contributed by atoms with Crippen molar-refractivity contribution in [1.29, 1.82) is 0 Å². The molecule has 2 N–H and O–H groups in total. The SMILES string of the molecule is O=C(CCCl)NC1(CO)CC1. The number of carbonyl (C=O) groups excluding carboxylic acids is 1. The molecule has 1 rings (SSSR count). The average Bonchev–Trinajstić information content (AvgIpc) is 2.70. The number of nitrogens with one attached hydrogen (secondary N) is 1. The lowest BCUT2D eigenvalue weighted by atomic mass is 10.3. The van der Waals surface area contributed by atoms with Crippen LogP contribution in [0.3, 0.4) is 0 Å². The fraction of sp³-hybridized carbons (Fsp3) is 0.857. The summed E-state index contributed by atoms with van der Waals surface area (Å²) in [6.45, 7) is 0.0427. The van der Waals surface area contributed by atoms with Gasteiger partial charge in [-0.3, -0.25) is 4.79 Å². The second-order valence-corrected chi connectivity index (χ2v) is 3.30. The van der Waals surface area contributed by atoms with E-state index in [4.69, 9.17) is 16.7 Å². The Balaban J connectivity index is 2.24. The maximum Gasteiger partial charge on any atom is 0.221 e. The van der Waals surface area contributed by atoms with E-state index in [1.54, 1.807) is 0 Å². The van der Waals surface area contributed by atoms with Crippen LogP contribution in [0.4, 0.5) is 0 Å². The molecule has 3 nitrogen and oxygen atoms in total. The number of carbonyl (C=O) groups is 1. The summed E-state index contributed by atoms with van der Waals surface area (Å²) in [4.78, 5) is 11.0. The molecular weight excluding hydrogens is 166 g/mol. The van der Waals surface area contributed by atoms with Crippen LogP contribution in [-0.4, -0.2) is 29.0 Å². The average molecular weight is 178 g/mol. The highest BCUT2D eigenvalue weighted by Gasteiger charge is 2.43. The van der Waals surface area contributed by atoms with Gasteiger partial charge in [-0.15, -0.1) is 11.6 Å². The van der Waals surface area contributed by atoms with Crippen molar-refractivity contribution in [3.8, 4) is 0 Å². The number of rotatable bonds is 4. The minimum atomic E-state index is -0.289. The molecule has 0 aromatic rings. The van der Waals surface area contributed by atoms with Crippen molar-refractivity contribution in [2.75, 3.05) is 12.5 Å². The molecule has 1 saturated carbocycles. The highest BCUT2D eigenvalue weighted by Crippen LogP contribution is 2.34. The molecule has 0 heterocycles. The summed E-state index contributed by atoms with van der Waals surface area (Å²) < 4.78 is 0. The van der Waals surface area contributed by atoms with E-state index >= 15 is 0 Å². The molecule has 0 unspecified atom stereocenters. The maximum absolute atomic E-state index is 11.0. The molecule has 11 heavy (non-hydrogen) atoms. The molecule has 64 valence electrons. The van der Waals surface area contributed by atoms with E-state index < -0.39 is 0 Å². The smallest absolute Gasteiger partial charge is 0.221 e. The molecule has 0 saturated heterocycles. The number of hydrogen-bond donors (Lipinski definition) is 2. The molecule has 1 amide bonds. The van der Waals surface area contributed by atoms with Crippen molar-refractivity contribution in [2.24, 2.45) is 0 Å². The third-order valence-corrected chi connectivity index (χ3v) is 2.07. The van der Waals surface area contributed by atoms with Crippen LogP contribution in [0.1, 0.15) is 19.3 Å². The molecule has 4 heteroatoms. The predicted molar refractivity (Wildman–Crippen MR) is 42.5 cm³/mol. The Morgan fingerprint density at radius 1 is 1.64 bits per heavy atom. The van der Waals surface area contributed by atoms with Crippen LogP contribution >= 0.6 is 11.6 Å². The lowest BCUT2D eigenvalue weighted by Crippen LogP contribution is -2.39. The first-order valence-corrected chi connectivity index (χ1v) is 4.24. The van der Waals surface area contributed by atoms with E-state index in [0.29, 0.717) is 12.3 Å². The van der Waals surface area contributed by atoms with Crippen molar-refractivity contribution in [2.45, 2.75) is 24.8 Å². The summed E-state index contributed by atoms with van der Waals surface area (Å²) in [5.74, 6) is 0.277. The van der Waals surface area contributed by atoms with Crippen molar-refractivity contribution >= 4 is 17.5 Å². The van der Waals surface area contributed by atoms with Gasteiger partial charge in [0.15, 0.2) is 0 Å². The Bertz CT molecular complexity index is 157. The number of aliphatic hydroxyl groups excluding tert-OH is 1. The van der Waals surface area contributed by atoms with E-state index in [9.17, 15) is 4.79 Å². The molecule has 0 spiro atoms. The Morgan fingerprint density at radius 3 is 2.64 bits per heavy atom. The largest absolute Gasteiger partial charge is 0.394 e. The van der Waals surface area contributed by atoms with Crippen LogP contribution in [0.5, 0.6) is 0 Å². The lowest BCUT2D eigenvalue weighted by Gasteiger charge is -2.12. The van der Waals surface area contributed by atoms with Crippen molar-refractivity contribution in [1.82, 2.24) is 5.32 Å². The minimum absolute atomic E-state index is 0.0427. The first-order valence-electron chi connectivity index (χ1n) is 3.70. The normalized spacial score (nSPS) is 19.5. The van der Waals surface area contributed by atoms with Gasteiger partial charge in [0, 0.05) is 12.3 Å². The van der Waals surface area contributed by atoms with Gasteiger partial charge in [0.1, 0.15) is 0 Å². The third-order valence-electron chi connectivity index (χ3n) is 1.88. The van der Waals surface area contributed by atoms with Crippen molar-refractivity contribution < 1.29 is 9.90 Å². The van der Waals surface area contributed by atoms with Crippen molar-refractivity contribution in [3.63, 3.8) is 0 Å². The zero-order valence-electron chi connectivity index (χ0n) is 6.27. The van der Waals surface area contributed by atoms with Gasteiger partial charge in [0.05, 0.1) is 12.1 Å². The molecular formula is C7H12ClNO2. The van der Waals surface area contributed by atoms with E-state index in [-0.39, 0.29) is 18.1 Å². The topological polar surface area (TPSA) is 49.3 Å². The van der Waals surface area contributed by atoms with Gasteiger partial charge in [-0.1, -0.05) is 0 Å². The van der Waals surface area contributed by atoms with E-state index in [1.165, 1.54) is 0 Å². The molecule has 0 aromatic heterocycles. The van der Waals surface area contributed by atoms with E-state index in [0.717, 1.165) is 12.8 Å². The van der Waals surface area contributed by atoms with Gasteiger partial charge in [0.2, 0.25) is 5.91 Å². The number of alkyl halides is 1. The fourth-order valence-corrected chi connectivity index (χ4v) is 1.09. The highest BCUT2D eigenvalue weighted by molar-refractivity contribution is 6.18. The van der Waals surface area contributed by atoms with Crippen LogP contribution in [0, 0.1) is 0 Å². The van der Waals surface area contributed by atoms with Crippen LogP contribution in [-0.2, 0) is 4.79 Å². The van der Waals surface area contributed by atoms with Crippen LogP contribution < -0.4 is 5.32 Å². The lowest BCUT2D eigenvalue weighted by molar-refractivity contribution is -0.122. The summed E-state index contributed by atoms with van der Waals surface area (Å²) >= 11 is 5.37. The number of amides is 1. The van der Waals surface area contributed by atoms with Gasteiger partial charge in [0.25, 0.3) is 0 Å². The maximum atomic E-state index is 11.0. The summed E-state index contributed by atoms with van der Waals surface area (Å²) in [6, 6.07) is 0. The number of halogens is 1. The quantitative estimate of drug-likeness (QED) is 0.606. The summed E-state index contributed by atoms with van der Waals surface area (Å²) in [6.07, 6.45) is 2.11. The van der Waals surface area contributed by atoms with Crippen LogP contribution in [0.2, 0.25) is 0 Å². The first kappa shape index (κ1) is 8.81.